The van der Waals surface area contributed by atoms with Crippen LogP contribution in [-0.2, 0) is 23.8 Å². The Morgan fingerprint density at radius 1 is 0.398 bits per heavy atom. The van der Waals surface area contributed by atoms with E-state index in [0.717, 1.165) is 64.2 Å². The van der Waals surface area contributed by atoms with Gasteiger partial charge in [0.1, 0.15) is 24.4 Å². The monoisotopic (exact) mass is 1310 g/mol. The molecule has 1 heterocycles. The Morgan fingerprint density at radius 3 is 1.05 bits per heavy atom. The van der Waals surface area contributed by atoms with Gasteiger partial charge in [-0.05, 0) is 51.4 Å². The number of nitrogens with one attached hydrogen (secondary N) is 1. The van der Waals surface area contributed by atoms with Crippen LogP contribution in [0.3, 0.4) is 0 Å². The van der Waals surface area contributed by atoms with E-state index >= 15 is 0 Å². The Balaban J connectivity index is 1.83. The number of esters is 1. The molecule has 0 radical (unpaired) electrons. The second kappa shape index (κ2) is 71.2. The topological polar surface area (TPSA) is 175 Å². The second-order valence-corrected chi connectivity index (χ2v) is 28.4. The lowest BCUT2D eigenvalue weighted by atomic mass is 9.99. The largest absolute Gasteiger partial charge is 0.466 e. The number of hydrogen-bond donors (Lipinski definition) is 6. The van der Waals surface area contributed by atoms with Crippen LogP contribution >= 0.6 is 0 Å². The number of ether oxygens (including phenoxy) is 3. The van der Waals surface area contributed by atoms with Crippen LogP contribution in [0.15, 0.2) is 36.5 Å². The van der Waals surface area contributed by atoms with Crippen LogP contribution < -0.4 is 5.32 Å². The molecule has 0 aliphatic carbocycles. The summed E-state index contributed by atoms with van der Waals surface area (Å²) in [5.74, 6) is -0.169. The van der Waals surface area contributed by atoms with Gasteiger partial charge in [-0.25, -0.2) is 0 Å². The van der Waals surface area contributed by atoms with Gasteiger partial charge in [-0.2, -0.15) is 0 Å². The number of rotatable bonds is 73. The summed E-state index contributed by atoms with van der Waals surface area (Å²) >= 11 is 0. The first-order valence-electron chi connectivity index (χ1n) is 40.8. The Labute approximate surface area is 574 Å². The zero-order valence-electron chi connectivity index (χ0n) is 61.2. The van der Waals surface area contributed by atoms with Gasteiger partial charge in [0.05, 0.1) is 32.0 Å². The second-order valence-electron chi connectivity index (χ2n) is 28.4. The van der Waals surface area contributed by atoms with Crippen LogP contribution in [0.2, 0.25) is 0 Å². The van der Waals surface area contributed by atoms with Crippen LogP contribution in [0.25, 0.3) is 0 Å². The van der Waals surface area contributed by atoms with E-state index in [1.165, 1.54) is 321 Å². The van der Waals surface area contributed by atoms with Crippen LogP contribution in [-0.4, -0.2) is 100 Å². The number of carbonyl (C=O) groups is 2. The van der Waals surface area contributed by atoms with Crippen molar-refractivity contribution in [2.45, 2.75) is 455 Å². The summed E-state index contributed by atoms with van der Waals surface area (Å²) in [6.45, 7) is 4.26. The van der Waals surface area contributed by atoms with Gasteiger partial charge in [0.2, 0.25) is 5.91 Å². The molecule has 1 aliphatic rings. The van der Waals surface area contributed by atoms with Crippen LogP contribution in [0.4, 0.5) is 0 Å². The predicted octanol–water partition coefficient (Wildman–Crippen LogP) is 22.1. The number of aliphatic hydroxyl groups is 5. The predicted molar refractivity (Wildman–Crippen MR) is 394 cm³/mol. The summed E-state index contributed by atoms with van der Waals surface area (Å²) in [4.78, 5) is 25.1. The minimum Gasteiger partial charge on any atom is -0.466 e. The highest BCUT2D eigenvalue weighted by Gasteiger charge is 2.44. The number of hydrogen-bond acceptors (Lipinski definition) is 10. The van der Waals surface area contributed by atoms with E-state index in [9.17, 15) is 35.1 Å². The first-order valence-corrected chi connectivity index (χ1v) is 40.8. The molecule has 1 amide bonds. The third-order valence-corrected chi connectivity index (χ3v) is 19.5. The van der Waals surface area contributed by atoms with Crippen LogP contribution in [0.1, 0.15) is 412 Å². The van der Waals surface area contributed by atoms with Crippen molar-refractivity contribution in [3.05, 3.63) is 36.5 Å². The van der Waals surface area contributed by atoms with Crippen LogP contribution in [0, 0.1) is 0 Å². The summed E-state index contributed by atoms with van der Waals surface area (Å²) < 4.78 is 16.7. The molecule has 0 saturated carbocycles. The minimum absolute atomic E-state index is 0.0223. The normalized spacial score (nSPS) is 17.6. The third kappa shape index (κ3) is 59.6. The Hall–Kier alpha value is -2.12. The molecule has 1 fully saturated rings. The highest BCUT2D eigenvalue weighted by atomic mass is 16.7. The van der Waals surface area contributed by atoms with E-state index in [1.54, 1.807) is 6.08 Å². The Kier molecular flexibility index (Phi) is 68.0. The molecule has 1 saturated heterocycles. The van der Waals surface area contributed by atoms with Gasteiger partial charge in [0, 0.05) is 12.8 Å². The molecule has 7 unspecified atom stereocenters. The summed E-state index contributed by atoms with van der Waals surface area (Å²) in [7, 11) is 0. The molecule has 11 heteroatoms. The van der Waals surface area contributed by atoms with Gasteiger partial charge < -0.3 is 45.1 Å². The summed E-state index contributed by atoms with van der Waals surface area (Å²) in [5.41, 5.74) is 0. The van der Waals surface area contributed by atoms with E-state index in [0.29, 0.717) is 19.4 Å². The van der Waals surface area contributed by atoms with Crippen molar-refractivity contribution >= 4 is 11.9 Å². The molecular formula is C82H155NO10. The molecule has 1 aliphatic heterocycles. The zero-order chi connectivity index (χ0) is 67.2. The van der Waals surface area contributed by atoms with Crippen molar-refractivity contribution in [1.29, 1.82) is 0 Å². The molecule has 1 rings (SSSR count). The first-order chi connectivity index (χ1) is 45.7. The number of allylic oxidation sites excluding steroid dienone is 5. The van der Waals surface area contributed by atoms with E-state index < -0.39 is 49.5 Å². The lowest BCUT2D eigenvalue weighted by molar-refractivity contribution is -0.302. The van der Waals surface area contributed by atoms with Gasteiger partial charge in [-0.15, -0.1) is 0 Å². The maximum absolute atomic E-state index is 13.0. The molecule has 93 heavy (non-hydrogen) atoms. The standard InChI is InChI=1S/C82H155NO10/c1-3-5-7-9-11-13-15-16-17-44-47-50-54-58-62-66-70-78(87)91-71-67-63-59-55-51-48-45-42-40-38-36-34-32-30-28-26-24-22-20-18-19-21-23-25-27-29-31-33-35-37-39-41-43-46-49-53-57-61-65-69-77(86)83-74(73-92-82-81(90)80(89)79(88)76(72-84)93-82)75(85)68-64-60-56-52-14-12-10-8-6-4-2/h6,8,14,52,64,68,74-76,79-82,84-85,88-90H,3-5,7,9-13,15-51,53-63,65-67,69-73H2,1-2H3,(H,83,86)/b8-6+,52-14+,68-64+. The molecule has 0 aromatic heterocycles. The van der Waals surface area contributed by atoms with E-state index in [-0.39, 0.29) is 18.5 Å². The first kappa shape index (κ1) is 88.9. The van der Waals surface area contributed by atoms with Gasteiger partial charge in [0.15, 0.2) is 6.29 Å². The number of aliphatic hydroxyl groups excluding tert-OH is 5. The van der Waals surface area contributed by atoms with E-state index in [4.69, 9.17) is 14.2 Å². The summed E-state index contributed by atoms with van der Waals surface area (Å²) in [5, 5.41) is 54.4. The van der Waals surface area contributed by atoms with Crippen molar-refractivity contribution in [3.8, 4) is 0 Å². The van der Waals surface area contributed by atoms with Crippen molar-refractivity contribution < 1.29 is 49.3 Å². The SMILES string of the molecule is CC/C=C/CC/C=C/CC/C=C/C(O)C(COC1OC(CO)C(O)C(O)C1O)NC(=O)CCCCCCCCCCCCCCCCCCCCCCCCCCCCCCCCCCCCCCCCCOC(=O)CCCCCCCCCCCCCCCCCC. The molecule has 0 aromatic rings. The van der Waals surface area contributed by atoms with Crippen molar-refractivity contribution in [2.24, 2.45) is 0 Å². The third-order valence-electron chi connectivity index (χ3n) is 19.5. The highest BCUT2D eigenvalue weighted by Crippen LogP contribution is 2.24. The van der Waals surface area contributed by atoms with Gasteiger partial charge in [0.25, 0.3) is 0 Å². The quantitative estimate of drug-likeness (QED) is 0.0195. The average Bonchev–Trinajstić information content (AvgIpc) is 0.887. The van der Waals surface area contributed by atoms with Gasteiger partial charge in [-0.1, -0.05) is 384 Å². The number of unbranched alkanes of at least 4 members (excludes halogenated alkanes) is 55. The van der Waals surface area contributed by atoms with Crippen molar-refractivity contribution in [2.75, 3.05) is 19.8 Å². The van der Waals surface area contributed by atoms with Gasteiger partial charge in [-0.3, -0.25) is 9.59 Å². The molecule has 6 N–H and O–H groups in total. The maximum atomic E-state index is 13.0. The van der Waals surface area contributed by atoms with Gasteiger partial charge >= 0.3 is 5.97 Å². The highest BCUT2D eigenvalue weighted by molar-refractivity contribution is 5.76. The minimum atomic E-state index is -1.58. The smallest absolute Gasteiger partial charge is 0.305 e. The Morgan fingerprint density at radius 2 is 0.710 bits per heavy atom. The van der Waals surface area contributed by atoms with E-state index in [1.807, 2.05) is 6.08 Å². The fraction of sp³-hybridized carbons (Fsp3) is 0.902. The fourth-order valence-corrected chi connectivity index (χ4v) is 13.2. The molecule has 0 spiro atoms. The average molecular weight is 1320 g/mol. The number of amides is 1. The van der Waals surface area contributed by atoms with Crippen molar-refractivity contribution in [3.63, 3.8) is 0 Å². The Bertz CT molecular complexity index is 1640. The van der Waals surface area contributed by atoms with Crippen LogP contribution in [0.5, 0.6) is 0 Å². The molecule has 11 nitrogen and oxygen atoms in total. The molecule has 0 aromatic carbocycles. The zero-order valence-corrected chi connectivity index (χ0v) is 61.2. The van der Waals surface area contributed by atoms with E-state index in [2.05, 4.69) is 43.5 Å². The molecule has 0 bridgehead atoms. The fourth-order valence-electron chi connectivity index (χ4n) is 13.2. The maximum Gasteiger partial charge on any atom is 0.305 e. The number of carbonyl (C=O) groups excluding carboxylic acids is 2. The summed E-state index contributed by atoms with van der Waals surface area (Å²) in [6.07, 6.45) is 83.7. The molecular weight excluding hydrogens is 1160 g/mol. The lowest BCUT2D eigenvalue weighted by Gasteiger charge is -2.40. The summed E-state index contributed by atoms with van der Waals surface area (Å²) in [6, 6.07) is -0.829. The van der Waals surface area contributed by atoms with Crippen molar-refractivity contribution in [1.82, 2.24) is 5.32 Å². The lowest BCUT2D eigenvalue weighted by Crippen LogP contribution is -2.60. The molecule has 548 valence electrons. The molecule has 7 atom stereocenters.